The number of fused-ring (bicyclic) bond motifs is 4. The molecule has 8 heterocycles. The molecule has 0 amide bonds. The Balaban J connectivity index is 0.000000162. The zero-order valence-electron chi connectivity index (χ0n) is 35.1. The number of aromatic nitrogens is 8. The first kappa shape index (κ1) is 48.5. The molecule has 2 saturated heterocycles. The number of hydrogen-bond acceptors (Lipinski definition) is 20. The molecule has 24 nitrogen and oxygen atoms in total. The molecule has 8 atom stereocenters. The number of aliphatic hydroxyl groups is 6. The second-order valence-corrected chi connectivity index (χ2v) is 15.3. The molecule has 0 spiro atoms. The SMILES string of the molecule is C[N+](=O)[O-].C[N+](=O)[O-].OCC1OC(n2cnc3c(Cl)ncnc32)C(O)C1O.OCC1OC(n2cnc3c(N4CCc5ccccc5C4)ncnc32)C(O)C1O.c1ccc2c(c1)CCNC2. The Hall–Kier alpha value is -5.93. The van der Waals surface area contributed by atoms with Gasteiger partial charge < -0.3 is 50.3 Å². The van der Waals surface area contributed by atoms with Crippen LogP contribution in [0.15, 0.2) is 73.8 Å². The number of ether oxygens (including phenoxy) is 2. The summed E-state index contributed by atoms with van der Waals surface area (Å²) in [5.41, 5.74) is 7.48. The van der Waals surface area contributed by atoms with Gasteiger partial charge in [-0.25, -0.2) is 29.9 Å². The normalized spacial score (nSPS) is 24.2. The summed E-state index contributed by atoms with van der Waals surface area (Å²) < 4.78 is 14.1. The van der Waals surface area contributed by atoms with Crippen molar-refractivity contribution in [2.45, 2.75) is 75.0 Å². The average molecular weight is 925 g/mol. The van der Waals surface area contributed by atoms with E-state index < -0.39 is 65.5 Å². The van der Waals surface area contributed by atoms with Crippen LogP contribution >= 0.6 is 11.6 Å². The van der Waals surface area contributed by atoms with Gasteiger partial charge in [-0.3, -0.25) is 29.4 Å². The number of aliphatic hydroxyl groups excluding tert-OH is 6. The van der Waals surface area contributed by atoms with E-state index in [1.807, 2.05) is 6.07 Å². The van der Waals surface area contributed by atoms with E-state index in [1.54, 1.807) is 4.57 Å². The van der Waals surface area contributed by atoms with Crippen LogP contribution in [0.5, 0.6) is 0 Å². The Labute approximate surface area is 375 Å². The maximum atomic E-state index is 10.3. The van der Waals surface area contributed by atoms with Gasteiger partial charge in [0, 0.05) is 29.5 Å². The quantitative estimate of drug-likeness (QED) is 0.0690. The number of imidazole rings is 2. The van der Waals surface area contributed by atoms with Crippen molar-refractivity contribution in [3.63, 3.8) is 0 Å². The molecular weight excluding hydrogens is 876 g/mol. The maximum absolute atomic E-state index is 10.3. The van der Waals surface area contributed by atoms with Crippen molar-refractivity contribution in [2.75, 3.05) is 45.3 Å². The first-order valence-electron chi connectivity index (χ1n) is 20.2. The van der Waals surface area contributed by atoms with Crippen LogP contribution in [0.2, 0.25) is 5.15 Å². The zero-order valence-corrected chi connectivity index (χ0v) is 35.9. The van der Waals surface area contributed by atoms with E-state index in [1.165, 1.54) is 58.6 Å². The Morgan fingerprint density at radius 1 is 0.692 bits per heavy atom. The summed E-state index contributed by atoms with van der Waals surface area (Å²) in [6, 6.07) is 17.0. The Morgan fingerprint density at radius 2 is 1.17 bits per heavy atom. The molecule has 348 valence electrons. The van der Waals surface area contributed by atoms with E-state index >= 15 is 0 Å². The maximum Gasteiger partial charge on any atom is 0.194 e. The highest BCUT2D eigenvalue weighted by atomic mass is 35.5. The van der Waals surface area contributed by atoms with Gasteiger partial charge in [0.25, 0.3) is 0 Å². The van der Waals surface area contributed by atoms with Crippen molar-refractivity contribution in [2.24, 2.45) is 0 Å². The second kappa shape index (κ2) is 22.3. The fraction of sp³-hybridized carbons (Fsp3) is 0.450. The van der Waals surface area contributed by atoms with E-state index in [4.69, 9.17) is 46.4 Å². The summed E-state index contributed by atoms with van der Waals surface area (Å²) in [4.78, 5) is 43.9. The highest BCUT2D eigenvalue weighted by Crippen LogP contribution is 2.34. The number of anilines is 1. The van der Waals surface area contributed by atoms with Gasteiger partial charge in [-0.2, -0.15) is 0 Å². The highest BCUT2D eigenvalue weighted by Gasteiger charge is 2.45. The third-order valence-corrected chi connectivity index (χ3v) is 10.9. The number of benzene rings is 2. The molecule has 4 aliphatic heterocycles. The Bertz CT molecular complexity index is 2490. The van der Waals surface area contributed by atoms with E-state index in [-0.39, 0.29) is 11.8 Å². The number of hydrogen-bond donors (Lipinski definition) is 7. The summed E-state index contributed by atoms with van der Waals surface area (Å²) in [5.74, 6) is 0.727. The topological polar surface area (TPSA) is 329 Å². The molecule has 2 fully saturated rings. The molecule has 0 radical (unpaired) electrons. The lowest BCUT2D eigenvalue weighted by Gasteiger charge is -2.29. The van der Waals surface area contributed by atoms with Gasteiger partial charge >= 0.3 is 0 Å². The molecule has 6 aromatic rings. The third-order valence-electron chi connectivity index (χ3n) is 10.7. The second-order valence-electron chi connectivity index (χ2n) is 15.0. The predicted molar refractivity (Wildman–Crippen MR) is 231 cm³/mol. The molecule has 25 heteroatoms. The molecule has 10 rings (SSSR count). The molecule has 0 aliphatic carbocycles. The van der Waals surface area contributed by atoms with Gasteiger partial charge in [-0.05, 0) is 41.6 Å². The number of nitrogens with zero attached hydrogens (tertiary/aromatic N) is 11. The summed E-state index contributed by atoms with van der Waals surface area (Å²) in [7, 11) is 1.78. The number of nitro groups is 2. The Kier molecular flexibility index (Phi) is 16.7. The van der Waals surface area contributed by atoms with Gasteiger partial charge in [0.2, 0.25) is 0 Å². The van der Waals surface area contributed by atoms with Crippen LogP contribution in [0.4, 0.5) is 5.82 Å². The molecule has 7 N–H and O–H groups in total. The van der Waals surface area contributed by atoms with Crippen LogP contribution in [0, 0.1) is 20.2 Å². The number of halogens is 1. The standard InChI is InChI=1S/C19H21N5O4.C10H11ClN4O4.C9H11N.2CH3NO2/c25-8-13-15(26)16(27)19(28-13)24-10-22-14-17(20-9-21-18(14)24)23-6-5-11-3-1-2-4-12(11)7-23;11-8-5-9(13-2-12-8)15(3-14-5)10-7(18)6(17)4(1-16)19-10;1-2-4-9-7-10-6-5-8(9)3-1;2*1-2(3)4/h1-4,9-10,13,15-16,19,25-27H,5-8H2;2-4,6-7,10,16-18H,1H2;1-4,10H,5-7H2;2*1H3. The molecule has 0 bridgehead atoms. The molecule has 8 unspecified atom stereocenters. The van der Waals surface area contributed by atoms with Crippen molar-refractivity contribution >= 4 is 39.7 Å². The highest BCUT2D eigenvalue weighted by molar-refractivity contribution is 6.33. The minimum Gasteiger partial charge on any atom is -0.394 e. The summed E-state index contributed by atoms with van der Waals surface area (Å²) in [6.07, 6.45) is -0.408. The molecule has 4 aliphatic rings. The van der Waals surface area contributed by atoms with Crippen LogP contribution in [-0.4, -0.2) is 157 Å². The summed E-state index contributed by atoms with van der Waals surface area (Å²) >= 11 is 5.88. The van der Waals surface area contributed by atoms with E-state index in [2.05, 4.69) is 82.6 Å². The van der Waals surface area contributed by atoms with E-state index in [0.29, 0.717) is 22.3 Å². The summed E-state index contributed by atoms with van der Waals surface area (Å²) in [6.45, 7) is 2.98. The van der Waals surface area contributed by atoms with Crippen LogP contribution in [0.1, 0.15) is 34.7 Å². The van der Waals surface area contributed by atoms with Crippen molar-refractivity contribution in [1.29, 1.82) is 0 Å². The minimum atomic E-state index is -1.19. The smallest absolute Gasteiger partial charge is 0.194 e. The van der Waals surface area contributed by atoms with Crippen LogP contribution < -0.4 is 10.2 Å². The van der Waals surface area contributed by atoms with Crippen LogP contribution in [0.3, 0.4) is 0 Å². The number of rotatable bonds is 5. The van der Waals surface area contributed by atoms with Crippen molar-refractivity contribution in [1.82, 2.24) is 44.4 Å². The monoisotopic (exact) mass is 924 g/mol. The Morgan fingerprint density at radius 3 is 1.69 bits per heavy atom. The van der Waals surface area contributed by atoms with E-state index in [0.717, 1.165) is 52.5 Å². The number of nitrogens with one attached hydrogen (secondary N) is 1. The van der Waals surface area contributed by atoms with Gasteiger partial charge in [0.05, 0.1) is 25.9 Å². The fourth-order valence-corrected chi connectivity index (χ4v) is 7.76. The van der Waals surface area contributed by atoms with Crippen LogP contribution in [0.25, 0.3) is 22.3 Å². The lowest BCUT2D eigenvalue weighted by Crippen LogP contribution is -2.33. The molecule has 0 saturated carbocycles. The van der Waals surface area contributed by atoms with Crippen molar-refractivity contribution < 1.29 is 50.0 Å². The van der Waals surface area contributed by atoms with Gasteiger partial charge in [0.15, 0.2) is 54.3 Å². The minimum absolute atomic E-state index is 0.190. The summed E-state index contributed by atoms with van der Waals surface area (Å²) in [5, 5.41) is 79.6. The fourth-order valence-electron chi connectivity index (χ4n) is 7.58. The van der Waals surface area contributed by atoms with Gasteiger partial charge in [0.1, 0.15) is 54.8 Å². The van der Waals surface area contributed by atoms with Crippen molar-refractivity contribution in [3.05, 3.63) is 121 Å². The van der Waals surface area contributed by atoms with E-state index in [9.17, 15) is 25.5 Å². The van der Waals surface area contributed by atoms with Crippen molar-refractivity contribution in [3.8, 4) is 0 Å². The lowest BCUT2D eigenvalue weighted by atomic mass is 10.00. The van der Waals surface area contributed by atoms with Crippen LogP contribution in [-0.2, 0) is 35.4 Å². The first-order chi connectivity index (χ1) is 31.2. The largest absolute Gasteiger partial charge is 0.394 e. The molecule has 4 aromatic heterocycles. The predicted octanol–water partition coefficient (Wildman–Crippen LogP) is 0.210. The first-order valence-corrected chi connectivity index (χ1v) is 20.6. The zero-order chi connectivity index (χ0) is 46.8. The van der Waals surface area contributed by atoms with Gasteiger partial charge in [-0.15, -0.1) is 0 Å². The lowest BCUT2D eigenvalue weighted by molar-refractivity contribution is -0.445. The molecule has 2 aromatic carbocycles. The third kappa shape index (κ3) is 11.5. The van der Waals surface area contributed by atoms with Gasteiger partial charge in [-0.1, -0.05) is 60.1 Å². The molecular formula is C40H49ClN12O12. The average Bonchev–Trinajstić information content (AvgIpc) is 4.07. The molecule has 65 heavy (non-hydrogen) atoms.